The van der Waals surface area contributed by atoms with Crippen LogP contribution in [-0.2, 0) is 0 Å². The number of nitrogens with two attached hydrogens (primary N) is 1. The molecule has 1 amide bonds. The number of nitrogens with one attached hydrogen (secondary N) is 1. The van der Waals surface area contributed by atoms with E-state index in [1.165, 1.54) is 24.5 Å². The van der Waals surface area contributed by atoms with Crippen LogP contribution in [0.4, 0.5) is 4.39 Å². The van der Waals surface area contributed by atoms with Crippen molar-refractivity contribution >= 4 is 45.0 Å². The molecule has 0 aliphatic rings. The van der Waals surface area contributed by atoms with E-state index < -0.39 is 17.5 Å². The van der Waals surface area contributed by atoms with Crippen LogP contribution in [-0.4, -0.2) is 28.3 Å². The Bertz CT molecular complexity index is 1600. The van der Waals surface area contributed by atoms with Gasteiger partial charge in [-0.2, -0.15) is 0 Å². The highest BCUT2D eigenvalue weighted by atomic mass is 35.5. The molecule has 0 aliphatic heterocycles. The lowest BCUT2D eigenvalue weighted by atomic mass is 10.1. The number of nitrogens with zero attached hydrogens (tertiary/aromatic N) is 1. The topological polar surface area (TPSA) is 107 Å². The van der Waals surface area contributed by atoms with E-state index in [9.17, 15) is 14.0 Å². The first kappa shape index (κ1) is 22.4. The van der Waals surface area contributed by atoms with Crippen LogP contribution in [0.3, 0.4) is 0 Å². The summed E-state index contributed by atoms with van der Waals surface area (Å²) in [6.45, 7) is -0.387. The van der Waals surface area contributed by atoms with Gasteiger partial charge in [-0.05, 0) is 53.2 Å². The zero-order chi connectivity index (χ0) is 24.5. The number of primary amides is 1. The Morgan fingerprint density at radius 1 is 1.03 bits per heavy atom. The van der Waals surface area contributed by atoms with Crippen LogP contribution in [0.25, 0.3) is 21.7 Å². The highest BCUT2D eigenvalue weighted by Crippen LogP contribution is 2.31. The maximum atomic E-state index is 14.7. The Morgan fingerprint density at radius 3 is 2.66 bits per heavy atom. The van der Waals surface area contributed by atoms with Gasteiger partial charge in [0.05, 0.1) is 17.3 Å². The van der Waals surface area contributed by atoms with Gasteiger partial charge < -0.3 is 20.2 Å². The van der Waals surface area contributed by atoms with Crippen LogP contribution in [0.15, 0.2) is 73.2 Å². The van der Waals surface area contributed by atoms with Crippen LogP contribution < -0.4 is 15.2 Å². The summed E-state index contributed by atoms with van der Waals surface area (Å²) < 4.78 is 26.0. The number of halogens is 2. The molecule has 0 spiro atoms. The first-order valence-electron chi connectivity index (χ1n) is 10.5. The van der Waals surface area contributed by atoms with Crippen LogP contribution >= 0.6 is 11.6 Å². The predicted molar refractivity (Wildman–Crippen MR) is 130 cm³/mol. The van der Waals surface area contributed by atoms with Crippen molar-refractivity contribution in [1.82, 2.24) is 9.97 Å². The molecule has 0 radical (unpaired) electrons. The average molecular weight is 490 g/mol. The maximum absolute atomic E-state index is 14.7. The van der Waals surface area contributed by atoms with Crippen molar-refractivity contribution in [2.45, 2.75) is 0 Å². The van der Waals surface area contributed by atoms with Gasteiger partial charge in [0.1, 0.15) is 11.5 Å². The number of hydrogen-bond acceptors (Lipinski definition) is 5. The average Bonchev–Trinajstić information content (AvgIpc) is 3.25. The minimum Gasteiger partial charge on any atom is -0.485 e. The van der Waals surface area contributed by atoms with Crippen molar-refractivity contribution in [1.29, 1.82) is 0 Å². The van der Waals surface area contributed by atoms with E-state index >= 15 is 0 Å². The van der Waals surface area contributed by atoms with Crippen molar-refractivity contribution in [3.63, 3.8) is 0 Å². The van der Waals surface area contributed by atoms with Gasteiger partial charge in [-0.1, -0.05) is 17.7 Å². The summed E-state index contributed by atoms with van der Waals surface area (Å²) in [7, 11) is 0. The molecule has 0 saturated heterocycles. The first-order chi connectivity index (χ1) is 16.9. The Hall–Kier alpha value is -4.43. The first-order valence-corrected chi connectivity index (χ1v) is 10.8. The summed E-state index contributed by atoms with van der Waals surface area (Å²) in [4.78, 5) is 31.8. The lowest BCUT2D eigenvalue weighted by Gasteiger charge is -2.11. The van der Waals surface area contributed by atoms with E-state index in [0.29, 0.717) is 27.1 Å². The van der Waals surface area contributed by atoms with E-state index in [1.807, 2.05) is 0 Å². The third-order valence-electron chi connectivity index (χ3n) is 5.42. The molecule has 35 heavy (non-hydrogen) atoms. The molecule has 0 unspecified atom stereocenters. The molecule has 0 bridgehead atoms. The second-order valence-electron chi connectivity index (χ2n) is 7.74. The number of Topliss-reactive ketones (excluding diaryl/α,β-unsaturated/α-hetero) is 1. The molecule has 0 fully saturated rings. The van der Waals surface area contributed by atoms with Gasteiger partial charge in [0, 0.05) is 34.4 Å². The van der Waals surface area contributed by atoms with E-state index in [1.54, 1.807) is 48.7 Å². The number of hydrogen-bond donors (Lipinski definition) is 2. The Kier molecular flexibility index (Phi) is 5.80. The fraction of sp³-hybridized carbons (Fsp3) is 0.0385. The van der Waals surface area contributed by atoms with Crippen molar-refractivity contribution < 1.29 is 23.5 Å². The van der Waals surface area contributed by atoms with Gasteiger partial charge in [0.2, 0.25) is 5.78 Å². The number of aromatic amines is 1. The minimum atomic E-state index is -0.704. The zero-order valence-electron chi connectivity index (χ0n) is 18.0. The van der Waals surface area contributed by atoms with Gasteiger partial charge in [0.25, 0.3) is 5.91 Å². The quantitative estimate of drug-likeness (QED) is 0.287. The number of amides is 1. The molecule has 9 heteroatoms. The van der Waals surface area contributed by atoms with E-state index in [4.69, 9.17) is 26.8 Å². The fourth-order valence-electron chi connectivity index (χ4n) is 3.75. The highest BCUT2D eigenvalue weighted by molar-refractivity contribution is 6.31. The van der Waals surface area contributed by atoms with Gasteiger partial charge in [-0.25, -0.2) is 4.39 Å². The molecular formula is C26H17ClFN3O4. The van der Waals surface area contributed by atoms with Gasteiger partial charge in [0.15, 0.2) is 18.2 Å². The number of ketones is 1. The maximum Gasteiger partial charge on any atom is 0.252 e. The van der Waals surface area contributed by atoms with Crippen molar-refractivity contribution in [2.24, 2.45) is 5.73 Å². The van der Waals surface area contributed by atoms with Crippen LogP contribution in [0, 0.1) is 5.82 Å². The third-order valence-corrected chi connectivity index (χ3v) is 5.66. The van der Waals surface area contributed by atoms with E-state index in [-0.39, 0.29) is 29.2 Å². The molecule has 0 saturated carbocycles. The van der Waals surface area contributed by atoms with Crippen LogP contribution in [0.5, 0.6) is 17.2 Å². The van der Waals surface area contributed by atoms with Crippen LogP contribution in [0.1, 0.15) is 20.7 Å². The normalized spacial score (nSPS) is 11.0. The molecule has 2 heterocycles. The minimum absolute atomic E-state index is 0.00929. The smallest absolute Gasteiger partial charge is 0.252 e. The van der Waals surface area contributed by atoms with Gasteiger partial charge in [-0.15, -0.1) is 0 Å². The summed E-state index contributed by atoms with van der Waals surface area (Å²) in [5.74, 6) is -1.22. The monoisotopic (exact) mass is 489 g/mol. The second kappa shape index (κ2) is 9.08. The number of pyridine rings is 1. The Balaban J connectivity index is 1.40. The summed E-state index contributed by atoms with van der Waals surface area (Å²) in [5.41, 5.74) is 6.37. The summed E-state index contributed by atoms with van der Waals surface area (Å²) in [6.07, 6.45) is 4.52. The number of rotatable bonds is 7. The largest absolute Gasteiger partial charge is 0.485 e. The number of H-pyrrole nitrogens is 1. The van der Waals surface area contributed by atoms with E-state index in [0.717, 1.165) is 5.39 Å². The summed E-state index contributed by atoms with van der Waals surface area (Å²) >= 11 is 6.03. The highest BCUT2D eigenvalue weighted by Gasteiger charge is 2.18. The molecule has 5 aromatic rings. The number of ether oxygens (including phenoxy) is 2. The SMILES string of the molecule is NC(=O)c1cc2cc(Cl)ccc2cc1OCC(=O)c1c[nH]c2cc(Oc3cccnc3)c(F)cc12. The van der Waals surface area contributed by atoms with Crippen molar-refractivity contribution in [2.75, 3.05) is 6.61 Å². The van der Waals surface area contributed by atoms with Gasteiger partial charge >= 0.3 is 0 Å². The molecule has 5 rings (SSSR count). The third kappa shape index (κ3) is 4.51. The summed E-state index contributed by atoms with van der Waals surface area (Å²) in [5, 5.41) is 2.36. The molecule has 7 nitrogen and oxygen atoms in total. The predicted octanol–water partition coefficient (Wildman–Crippen LogP) is 5.66. The van der Waals surface area contributed by atoms with E-state index in [2.05, 4.69) is 9.97 Å². The number of benzene rings is 3. The molecule has 3 aromatic carbocycles. The molecule has 3 N–H and O–H groups in total. The lowest BCUT2D eigenvalue weighted by Crippen LogP contribution is -2.16. The summed E-state index contributed by atoms with van der Waals surface area (Å²) in [6, 6.07) is 14.4. The molecule has 2 aromatic heterocycles. The number of carbonyl (C=O) groups is 2. The zero-order valence-corrected chi connectivity index (χ0v) is 18.8. The number of aromatic nitrogens is 2. The second-order valence-corrected chi connectivity index (χ2v) is 8.17. The molecular weight excluding hydrogens is 473 g/mol. The van der Waals surface area contributed by atoms with Crippen molar-refractivity contribution in [3.05, 3.63) is 95.2 Å². The molecule has 0 aliphatic carbocycles. The van der Waals surface area contributed by atoms with Crippen molar-refractivity contribution in [3.8, 4) is 17.2 Å². The fourth-order valence-corrected chi connectivity index (χ4v) is 3.93. The van der Waals surface area contributed by atoms with Gasteiger partial charge in [-0.3, -0.25) is 14.6 Å². The number of fused-ring (bicyclic) bond motifs is 2. The van der Waals surface area contributed by atoms with Crippen LogP contribution in [0.2, 0.25) is 5.02 Å². The molecule has 0 atom stereocenters. The molecule has 174 valence electrons. The Labute approximate surface area is 203 Å². The standard InChI is InChI=1S/C26H17ClFN3O4/c27-16-4-3-14-8-24(19(26(29)33)7-15(14)6-16)34-13-23(32)20-12-31-22-10-25(21(28)9-18(20)22)35-17-2-1-5-30-11-17/h1-12,31H,13H2,(H2,29,33). The lowest BCUT2D eigenvalue weighted by molar-refractivity contribution is 0.0914. The number of carbonyl (C=O) groups excluding carboxylic acids is 2. The Morgan fingerprint density at radius 2 is 1.89 bits per heavy atom.